The van der Waals surface area contributed by atoms with E-state index in [9.17, 15) is 19.2 Å². The third-order valence-corrected chi connectivity index (χ3v) is 6.37. The summed E-state index contributed by atoms with van der Waals surface area (Å²) in [5, 5.41) is 2.64. The van der Waals surface area contributed by atoms with Crippen LogP contribution in [0.4, 0.5) is 5.69 Å². The lowest BCUT2D eigenvalue weighted by atomic mass is 9.81. The Morgan fingerprint density at radius 2 is 1.68 bits per heavy atom. The highest BCUT2D eigenvalue weighted by atomic mass is 16.5. The molecule has 1 N–H and O–H groups in total. The van der Waals surface area contributed by atoms with Gasteiger partial charge in [0.25, 0.3) is 5.91 Å². The molecule has 3 aliphatic rings. The van der Waals surface area contributed by atoms with Crippen LogP contribution in [0.3, 0.4) is 0 Å². The number of imide groups is 1. The van der Waals surface area contributed by atoms with Gasteiger partial charge in [-0.05, 0) is 57.1 Å². The summed E-state index contributed by atoms with van der Waals surface area (Å²) in [4.78, 5) is 51.0. The van der Waals surface area contributed by atoms with Gasteiger partial charge in [-0.1, -0.05) is 17.7 Å². The molecule has 1 aliphatic heterocycles. The lowest BCUT2D eigenvalue weighted by molar-refractivity contribution is -0.159. The average molecular weight is 384 g/mol. The van der Waals surface area contributed by atoms with Crippen LogP contribution in [0.5, 0.6) is 0 Å². The van der Waals surface area contributed by atoms with Crippen molar-refractivity contribution in [1.82, 2.24) is 4.90 Å². The van der Waals surface area contributed by atoms with Crippen LogP contribution in [0.2, 0.25) is 0 Å². The van der Waals surface area contributed by atoms with Crippen molar-refractivity contribution < 1.29 is 23.9 Å². The number of nitrogens with one attached hydrogen (secondary N) is 1. The molecule has 1 aromatic carbocycles. The van der Waals surface area contributed by atoms with E-state index in [0.717, 1.165) is 29.7 Å². The van der Waals surface area contributed by atoms with Crippen molar-refractivity contribution in [1.29, 1.82) is 0 Å². The van der Waals surface area contributed by atoms with E-state index in [1.54, 1.807) is 12.1 Å². The SMILES string of the molecule is Cc1ccc(NC(=O)COC(=O)[C@H](C)N2C(=O)[C@@H]3[C@H]4CC[C@@H](C4)[C@@H]3C2=O)cc1. The van der Waals surface area contributed by atoms with Crippen molar-refractivity contribution in [3.63, 3.8) is 0 Å². The number of anilines is 1. The van der Waals surface area contributed by atoms with E-state index < -0.39 is 24.5 Å². The highest BCUT2D eigenvalue weighted by Crippen LogP contribution is 2.56. The zero-order valence-corrected chi connectivity index (χ0v) is 16.0. The molecule has 0 aromatic heterocycles. The molecule has 2 saturated carbocycles. The minimum Gasteiger partial charge on any atom is -0.454 e. The highest BCUT2D eigenvalue weighted by Gasteiger charge is 2.62. The van der Waals surface area contributed by atoms with Gasteiger partial charge in [0, 0.05) is 5.69 Å². The van der Waals surface area contributed by atoms with Crippen LogP contribution in [0.1, 0.15) is 31.7 Å². The van der Waals surface area contributed by atoms with Gasteiger partial charge in [-0.25, -0.2) is 4.79 Å². The number of hydrogen-bond acceptors (Lipinski definition) is 5. The number of likely N-dealkylation sites (tertiary alicyclic amines) is 1. The van der Waals surface area contributed by atoms with Crippen molar-refractivity contribution in [2.24, 2.45) is 23.7 Å². The van der Waals surface area contributed by atoms with Gasteiger partial charge in [0.15, 0.2) is 6.61 Å². The van der Waals surface area contributed by atoms with Crippen LogP contribution in [0.15, 0.2) is 24.3 Å². The predicted molar refractivity (Wildman–Crippen MR) is 99.9 cm³/mol. The summed E-state index contributed by atoms with van der Waals surface area (Å²) in [6, 6.07) is 6.21. The average Bonchev–Trinajstić information content (AvgIpc) is 3.35. The Hall–Kier alpha value is -2.70. The molecule has 3 fully saturated rings. The van der Waals surface area contributed by atoms with Gasteiger partial charge in [-0.15, -0.1) is 0 Å². The summed E-state index contributed by atoms with van der Waals surface area (Å²) < 4.78 is 5.06. The van der Waals surface area contributed by atoms with Gasteiger partial charge in [0.2, 0.25) is 11.8 Å². The summed E-state index contributed by atoms with van der Waals surface area (Å²) in [5.41, 5.74) is 1.67. The number of benzene rings is 1. The Morgan fingerprint density at radius 1 is 1.11 bits per heavy atom. The standard InChI is InChI=1S/C21H24N2O5/c1-11-3-7-15(8-4-11)22-16(24)10-28-21(27)12(2)23-19(25)17-13-5-6-14(9-13)18(17)20(23)26/h3-4,7-8,12-14,17-18H,5-6,9-10H2,1-2H3,(H,22,24)/t12-,13-,14-,17-,18+/m0/s1. The van der Waals surface area contributed by atoms with E-state index in [4.69, 9.17) is 4.74 Å². The molecule has 1 heterocycles. The molecule has 4 rings (SSSR count). The van der Waals surface area contributed by atoms with E-state index in [1.807, 2.05) is 19.1 Å². The smallest absolute Gasteiger partial charge is 0.329 e. The topological polar surface area (TPSA) is 92.8 Å². The largest absolute Gasteiger partial charge is 0.454 e. The lowest BCUT2D eigenvalue weighted by Crippen LogP contribution is -2.45. The number of hydrogen-bond donors (Lipinski definition) is 1. The van der Waals surface area contributed by atoms with Crippen LogP contribution >= 0.6 is 0 Å². The Balaban J connectivity index is 1.33. The fourth-order valence-corrected chi connectivity index (χ4v) is 5.01. The molecule has 2 aliphatic carbocycles. The minimum absolute atomic E-state index is 0.254. The molecule has 0 spiro atoms. The monoisotopic (exact) mass is 384 g/mol. The molecule has 3 amide bonds. The molecular formula is C21H24N2O5. The molecule has 1 aromatic rings. The van der Waals surface area contributed by atoms with Gasteiger partial charge in [-0.2, -0.15) is 0 Å². The number of ether oxygens (including phenoxy) is 1. The number of fused-ring (bicyclic) bond motifs is 5. The maximum Gasteiger partial charge on any atom is 0.329 e. The summed E-state index contributed by atoms with van der Waals surface area (Å²) in [6.07, 6.45) is 2.91. The van der Waals surface area contributed by atoms with E-state index in [0.29, 0.717) is 5.69 Å². The maximum absolute atomic E-state index is 12.8. The van der Waals surface area contributed by atoms with Crippen molar-refractivity contribution >= 4 is 29.4 Å². The van der Waals surface area contributed by atoms with Crippen molar-refractivity contribution in [3.8, 4) is 0 Å². The number of carbonyl (C=O) groups excluding carboxylic acids is 4. The molecule has 148 valence electrons. The molecule has 0 unspecified atom stereocenters. The second-order valence-corrected chi connectivity index (χ2v) is 8.13. The van der Waals surface area contributed by atoms with Crippen molar-refractivity contribution in [3.05, 3.63) is 29.8 Å². The number of aryl methyl sites for hydroxylation is 1. The second kappa shape index (κ2) is 7.04. The Labute approximate surface area is 163 Å². The first-order chi connectivity index (χ1) is 13.4. The van der Waals surface area contributed by atoms with Crippen molar-refractivity contribution in [2.45, 2.75) is 39.2 Å². The van der Waals surface area contributed by atoms with Gasteiger partial charge >= 0.3 is 5.97 Å². The molecule has 0 radical (unpaired) electrons. The Kier molecular flexibility index (Phi) is 4.69. The zero-order chi connectivity index (χ0) is 20.0. The molecule has 2 bridgehead atoms. The second-order valence-electron chi connectivity index (χ2n) is 8.13. The fourth-order valence-electron chi connectivity index (χ4n) is 5.01. The number of amides is 3. The Bertz CT molecular complexity index is 806. The van der Waals surface area contributed by atoms with Gasteiger partial charge in [0.1, 0.15) is 6.04 Å². The van der Waals surface area contributed by atoms with E-state index in [1.165, 1.54) is 6.92 Å². The van der Waals surface area contributed by atoms with E-state index in [2.05, 4.69) is 5.32 Å². The quantitative estimate of drug-likeness (QED) is 0.618. The summed E-state index contributed by atoms with van der Waals surface area (Å²) >= 11 is 0. The van der Waals surface area contributed by atoms with Gasteiger partial charge in [0.05, 0.1) is 11.8 Å². The zero-order valence-electron chi connectivity index (χ0n) is 16.0. The number of esters is 1. The van der Waals surface area contributed by atoms with Crippen LogP contribution in [0.25, 0.3) is 0 Å². The Morgan fingerprint density at radius 3 is 2.25 bits per heavy atom. The fraction of sp³-hybridized carbons (Fsp3) is 0.524. The molecule has 28 heavy (non-hydrogen) atoms. The normalized spacial score (nSPS) is 29.0. The first kappa shape index (κ1) is 18.7. The lowest BCUT2D eigenvalue weighted by Gasteiger charge is -2.23. The molecular weight excluding hydrogens is 360 g/mol. The molecule has 5 atom stereocenters. The van der Waals surface area contributed by atoms with Crippen LogP contribution < -0.4 is 5.32 Å². The summed E-state index contributed by atoms with van der Waals surface area (Å²) in [7, 11) is 0. The van der Waals surface area contributed by atoms with Gasteiger partial charge < -0.3 is 10.1 Å². The van der Waals surface area contributed by atoms with Crippen LogP contribution in [-0.2, 0) is 23.9 Å². The maximum atomic E-state index is 12.8. The predicted octanol–water partition coefficient (Wildman–Crippen LogP) is 1.90. The third-order valence-electron chi connectivity index (χ3n) is 6.37. The van der Waals surface area contributed by atoms with E-state index in [-0.39, 0.29) is 35.5 Å². The minimum atomic E-state index is -1.02. The molecule has 7 nitrogen and oxygen atoms in total. The summed E-state index contributed by atoms with van der Waals surface area (Å²) in [6.45, 7) is 2.96. The van der Waals surface area contributed by atoms with Crippen molar-refractivity contribution in [2.75, 3.05) is 11.9 Å². The number of carbonyl (C=O) groups is 4. The summed E-state index contributed by atoms with van der Waals surface area (Å²) in [5.74, 6) is -1.74. The number of rotatable bonds is 5. The van der Waals surface area contributed by atoms with Crippen LogP contribution in [-0.4, -0.2) is 41.2 Å². The first-order valence-corrected chi connectivity index (χ1v) is 9.77. The highest BCUT2D eigenvalue weighted by molar-refractivity contribution is 6.08. The van der Waals surface area contributed by atoms with Crippen LogP contribution in [0, 0.1) is 30.6 Å². The van der Waals surface area contributed by atoms with Gasteiger partial charge in [-0.3, -0.25) is 19.3 Å². The molecule has 1 saturated heterocycles. The third kappa shape index (κ3) is 3.08. The first-order valence-electron chi connectivity index (χ1n) is 9.77. The van der Waals surface area contributed by atoms with E-state index >= 15 is 0 Å². The molecule has 7 heteroatoms. The number of nitrogens with zero attached hydrogens (tertiary/aromatic N) is 1.